The molecular formula is C21H26N4O2. The predicted octanol–water partition coefficient (Wildman–Crippen LogP) is 1.92. The monoisotopic (exact) mass is 366 g/mol. The maximum absolute atomic E-state index is 11.8. The molecule has 0 aliphatic carbocycles. The third-order valence-corrected chi connectivity index (χ3v) is 5.22. The number of aromatic amines is 1. The molecule has 27 heavy (non-hydrogen) atoms. The highest BCUT2D eigenvalue weighted by atomic mass is 16.1. The summed E-state index contributed by atoms with van der Waals surface area (Å²) in [6.45, 7) is 7.46. The van der Waals surface area contributed by atoms with Gasteiger partial charge >= 0.3 is 0 Å². The predicted molar refractivity (Wildman–Crippen MR) is 107 cm³/mol. The van der Waals surface area contributed by atoms with Crippen molar-refractivity contribution in [2.75, 3.05) is 18.0 Å². The molecule has 6 heteroatoms. The third kappa shape index (κ3) is 3.92. The minimum absolute atomic E-state index is 0.0767. The van der Waals surface area contributed by atoms with Crippen molar-refractivity contribution < 1.29 is 9.59 Å². The van der Waals surface area contributed by atoms with Gasteiger partial charge in [-0.2, -0.15) is 0 Å². The van der Waals surface area contributed by atoms with Crippen LogP contribution in [0, 0.1) is 25.7 Å². The smallest absolute Gasteiger partial charge is 0.296 e. The first-order chi connectivity index (χ1) is 12.9. The number of anilines is 1. The van der Waals surface area contributed by atoms with Crippen LogP contribution in [0.25, 0.3) is 10.9 Å². The highest BCUT2D eigenvalue weighted by molar-refractivity contribution is 5.99. The van der Waals surface area contributed by atoms with E-state index in [0.717, 1.165) is 53.8 Å². The molecule has 6 nitrogen and oxygen atoms in total. The van der Waals surface area contributed by atoms with Crippen LogP contribution in [0.2, 0.25) is 0 Å². The van der Waals surface area contributed by atoms with Gasteiger partial charge in [0.15, 0.2) is 0 Å². The van der Waals surface area contributed by atoms with E-state index in [9.17, 15) is 9.59 Å². The van der Waals surface area contributed by atoms with Gasteiger partial charge in [-0.15, -0.1) is 0 Å². The largest absolute Gasteiger partial charge is 0.369 e. The molecule has 2 amide bonds. The minimum atomic E-state index is -0.341. The molecular weight excluding hydrogens is 340 g/mol. The Bertz CT molecular complexity index is 948. The number of nitrogens with two attached hydrogens (primary N) is 1. The summed E-state index contributed by atoms with van der Waals surface area (Å²) < 4.78 is 0. The summed E-state index contributed by atoms with van der Waals surface area (Å²) in [7, 11) is 0. The van der Waals surface area contributed by atoms with Crippen LogP contribution in [0.4, 0.5) is 5.69 Å². The standard InChI is InChI=1S/C21H26N4O2/c1-4-6-19(27)24-16-7-5-10-25(12-16)17-9-8-15(11-18(22)26)21-20(17)13(2)14(3)23-21/h8-9,16,23H,5,7,10-12H2,1-3H3,(H2,22,26)(H,24,27)/t16-/m0/s1. The van der Waals surface area contributed by atoms with E-state index in [4.69, 9.17) is 5.73 Å². The first-order valence-electron chi connectivity index (χ1n) is 9.28. The number of carbonyl (C=O) groups excluding carboxylic acids is 2. The number of hydrogen-bond donors (Lipinski definition) is 3. The highest BCUT2D eigenvalue weighted by Gasteiger charge is 2.24. The lowest BCUT2D eigenvalue weighted by Crippen LogP contribution is -2.47. The molecule has 1 fully saturated rings. The molecule has 1 saturated heterocycles. The second-order valence-electron chi connectivity index (χ2n) is 7.15. The summed E-state index contributed by atoms with van der Waals surface area (Å²) >= 11 is 0. The molecule has 1 aliphatic rings. The van der Waals surface area contributed by atoms with Crippen molar-refractivity contribution in [1.82, 2.24) is 10.3 Å². The number of nitrogens with zero attached hydrogens (tertiary/aromatic N) is 1. The second-order valence-corrected chi connectivity index (χ2v) is 7.15. The van der Waals surface area contributed by atoms with Gasteiger partial charge in [0, 0.05) is 35.9 Å². The minimum Gasteiger partial charge on any atom is -0.369 e. The SMILES string of the molecule is CC#CC(=O)N[C@H]1CCCN(c2ccc(CC(N)=O)c3[nH]c(C)c(C)c23)C1. The van der Waals surface area contributed by atoms with E-state index >= 15 is 0 Å². The Kier molecular flexibility index (Phi) is 5.41. The van der Waals surface area contributed by atoms with Crippen LogP contribution in [-0.4, -0.2) is 35.9 Å². The molecule has 4 N–H and O–H groups in total. The van der Waals surface area contributed by atoms with Crippen LogP contribution >= 0.6 is 0 Å². The van der Waals surface area contributed by atoms with Gasteiger partial charge in [0.05, 0.1) is 11.9 Å². The molecule has 0 unspecified atom stereocenters. The van der Waals surface area contributed by atoms with Crippen molar-refractivity contribution in [3.63, 3.8) is 0 Å². The Hall–Kier alpha value is -2.94. The highest BCUT2D eigenvalue weighted by Crippen LogP contribution is 2.35. The van der Waals surface area contributed by atoms with Crippen molar-refractivity contribution >= 4 is 28.4 Å². The topological polar surface area (TPSA) is 91.2 Å². The maximum atomic E-state index is 11.8. The number of primary amides is 1. The fourth-order valence-corrected chi connectivity index (χ4v) is 3.87. The Morgan fingerprint density at radius 2 is 2.15 bits per heavy atom. The van der Waals surface area contributed by atoms with Crippen molar-refractivity contribution in [1.29, 1.82) is 0 Å². The summed E-state index contributed by atoms with van der Waals surface area (Å²) in [6, 6.07) is 4.12. The van der Waals surface area contributed by atoms with Gasteiger partial charge < -0.3 is 20.9 Å². The molecule has 3 rings (SSSR count). The first-order valence-corrected chi connectivity index (χ1v) is 9.28. The number of aryl methyl sites for hydroxylation is 2. The van der Waals surface area contributed by atoms with Crippen molar-refractivity contribution in [2.45, 2.75) is 46.1 Å². The average molecular weight is 366 g/mol. The summed E-state index contributed by atoms with van der Waals surface area (Å²) in [4.78, 5) is 29.0. The molecule has 0 bridgehead atoms. The summed E-state index contributed by atoms with van der Waals surface area (Å²) in [5, 5.41) is 4.13. The average Bonchev–Trinajstić information content (AvgIpc) is 2.91. The van der Waals surface area contributed by atoms with E-state index in [1.807, 2.05) is 13.0 Å². The Balaban J connectivity index is 1.95. The maximum Gasteiger partial charge on any atom is 0.296 e. The van der Waals surface area contributed by atoms with E-state index in [2.05, 4.69) is 40.0 Å². The number of rotatable bonds is 4. The lowest BCUT2D eigenvalue weighted by Gasteiger charge is -2.35. The number of nitrogens with one attached hydrogen (secondary N) is 2. The normalized spacial score (nSPS) is 16.7. The van der Waals surface area contributed by atoms with Gasteiger partial charge in [-0.05, 0) is 56.7 Å². The van der Waals surface area contributed by atoms with Gasteiger partial charge in [-0.25, -0.2) is 0 Å². The zero-order valence-corrected chi connectivity index (χ0v) is 16.1. The lowest BCUT2D eigenvalue weighted by atomic mass is 10.00. The first kappa shape index (κ1) is 18.8. The van der Waals surface area contributed by atoms with Crippen LogP contribution in [0.5, 0.6) is 0 Å². The van der Waals surface area contributed by atoms with E-state index in [0.29, 0.717) is 0 Å². The van der Waals surface area contributed by atoms with Crippen molar-refractivity contribution in [2.24, 2.45) is 5.73 Å². The van der Waals surface area contributed by atoms with Gasteiger partial charge in [-0.1, -0.05) is 12.0 Å². The molecule has 2 heterocycles. The number of aromatic nitrogens is 1. The van der Waals surface area contributed by atoms with Crippen LogP contribution < -0.4 is 16.0 Å². The number of fused-ring (bicyclic) bond motifs is 1. The number of H-pyrrole nitrogens is 1. The van der Waals surface area contributed by atoms with E-state index in [1.165, 1.54) is 5.56 Å². The van der Waals surface area contributed by atoms with E-state index in [1.54, 1.807) is 6.92 Å². The van der Waals surface area contributed by atoms with Crippen molar-refractivity contribution in [3.05, 3.63) is 29.0 Å². The lowest BCUT2D eigenvalue weighted by molar-refractivity contribution is -0.117. The van der Waals surface area contributed by atoms with E-state index in [-0.39, 0.29) is 24.3 Å². The van der Waals surface area contributed by atoms with Crippen molar-refractivity contribution in [3.8, 4) is 11.8 Å². The van der Waals surface area contributed by atoms with Gasteiger partial charge in [0.1, 0.15) is 0 Å². The van der Waals surface area contributed by atoms with Crippen LogP contribution in [0.15, 0.2) is 12.1 Å². The molecule has 2 aromatic rings. The number of benzene rings is 1. The molecule has 1 atom stereocenters. The molecule has 1 aliphatic heterocycles. The summed E-state index contributed by atoms with van der Waals surface area (Å²) in [5.74, 6) is 4.62. The van der Waals surface area contributed by atoms with Gasteiger partial charge in [0.2, 0.25) is 5.91 Å². The molecule has 0 saturated carbocycles. The van der Waals surface area contributed by atoms with Gasteiger partial charge in [0.25, 0.3) is 5.91 Å². The molecule has 0 spiro atoms. The zero-order chi connectivity index (χ0) is 19.6. The Morgan fingerprint density at radius 3 is 2.85 bits per heavy atom. The fourth-order valence-electron chi connectivity index (χ4n) is 3.87. The molecule has 1 aromatic heterocycles. The van der Waals surface area contributed by atoms with Crippen LogP contribution in [0.1, 0.15) is 36.6 Å². The third-order valence-electron chi connectivity index (χ3n) is 5.22. The van der Waals surface area contributed by atoms with Gasteiger partial charge in [-0.3, -0.25) is 9.59 Å². The summed E-state index contributed by atoms with van der Waals surface area (Å²) in [6.07, 6.45) is 2.16. The Labute approximate surface area is 159 Å². The number of carbonyl (C=O) groups is 2. The summed E-state index contributed by atoms with van der Waals surface area (Å²) in [5.41, 5.74) is 10.7. The fraction of sp³-hybridized carbons (Fsp3) is 0.429. The van der Waals surface area contributed by atoms with Crippen LogP contribution in [0.3, 0.4) is 0 Å². The molecule has 1 aromatic carbocycles. The number of hydrogen-bond acceptors (Lipinski definition) is 3. The van der Waals surface area contributed by atoms with Crippen LogP contribution in [-0.2, 0) is 16.0 Å². The number of amides is 2. The Morgan fingerprint density at radius 1 is 1.37 bits per heavy atom. The zero-order valence-electron chi connectivity index (χ0n) is 16.1. The second kappa shape index (κ2) is 7.75. The van der Waals surface area contributed by atoms with E-state index < -0.39 is 0 Å². The molecule has 142 valence electrons. The quantitative estimate of drug-likeness (QED) is 0.722. The molecule has 0 radical (unpaired) electrons. The number of piperidine rings is 1.